The Bertz CT molecular complexity index is 622. The molecule has 0 aromatic heterocycles. The average Bonchev–Trinajstić information content (AvgIpc) is 3.59. The van der Waals surface area contributed by atoms with E-state index in [2.05, 4.69) is 0 Å². The number of hydrogen-bond donors (Lipinski definition) is 2. The Morgan fingerprint density at radius 1 is 0.516 bits per heavy atom. The van der Waals surface area contributed by atoms with Gasteiger partial charge in [0, 0.05) is 11.1 Å². The normalized spacial score (nSPS) is 15.2. The molecule has 0 amide bonds. The van der Waals surface area contributed by atoms with Gasteiger partial charge in [-0.1, -0.05) is 125 Å². The van der Waals surface area contributed by atoms with E-state index in [9.17, 15) is 10.2 Å². The third-order valence-electron chi connectivity index (χ3n) is 5.19. The minimum Gasteiger partial charge on any atom is -0.508 e. The molecule has 2 nitrogen and oxygen atoms in total. The van der Waals surface area contributed by atoms with Crippen LogP contribution in [0.15, 0.2) is 72.8 Å². The first-order valence-corrected chi connectivity index (χ1v) is 11.5. The third kappa shape index (κ3) is 14.8. The van der Waals surface area contributed by atoms with Crippen LogP contribution in [0.4, 0.5) is 0 Å². The topological polar surface area (TPSA) is 40.5 Å². The van der Waals surface area contributed by atoms with Crippen LogP contribution >= 0.6 is 0 Å². The minimum atomic E-state index is 0. The Kier molecular flexibility index (Phi) is 19.0. The van der Waals surface area contributed by atoms with Gasteiger partial charge >= 0.3 is 21.7 Å². The minimum absolute atomic E-state index is 0. The van der Waals surface area contributed by atoms with Gasteiger partial charge in [-0.25, -0.2) is 0 Å². The van der Waals surface area contributed by atoms with Crippen molar-refractivity contribution in [3.8, 4) is 0 Å². The molecule has 2 aromatic carbocycles. The van der Waals surface area contributed by atoms with Gasteiger partial charge in [0.1, 0.15) is 11.5 Å². The van der Waals surface area contributed by atoms with Crippen LogP contribution in [0.1, 0.15) is 89.2 Å². The Morgan fingerprint density at radius 2 is 0.742 bits per heavy atom. The van der Waals surface area contributed by atoms with Gasteiger partial charge in [0.05, 0.1) is 0 Å². The van der Waals surface area contributed by atoms with Crippen molar-refractivity contribution in [1.82, 2.24) is 0 Å². The zero-order valence-corrected chi connectivity index (χ0v) is 21.0. The van der Waals surface area contributed by atoms with Gasteiger partial charge in [0.2, 0.25) is 0 Å². The van der Waals surface area contributed by atoms with Crippen molar-refractivity contribution in [2.45, 2.75) is 78.1 Å². The maximum Gasteiger partial charge on any atom is 2.00 e. The SMILES string of the molecule is C/C=C(\O)c1ccccc1.C/C=C(\O)c1ccccc1.C1CCCC1.C1CCCC1.[Ti+2]. The summed E-state index contributed by atoms with van der Waals surface area (Å²) in [6.07, 6.45) is 18.4. The van der Waals surface area contributed by atoms with Crippen LogP contribution in [-0.4, -0.2) is 10.2 Å². The molecule has 0 spiro atoms. The molecule has 2 N–H and O–H groups in total. The second-order valence-electron chi connectivity index (χ2n) is 7.62. The van der Waals surface area contributed by atoms with Crippen LogP contribution in [0.3, 0.4) is 0 Å². The third-order valence-corrected chi connectivity index (χ3v) is 5.19. The molecule has 0 atom stereocenters. The van der Waals surface area contributed by atoms with E-state index in [1.54, 1.807) is 12.2 Å². The van der Waals surface area contributed by atoms with E-state index < -0.39 is 0 Å². The molecule has 0 unspecified atom stereocenters. The second-order valence-corrected chi connectivity index (χ2v) is 7.62. The Hall–Kier alpha value is -1.77. The van der Waals surface area contributed by atoms with Gasteiger partial charge in [0.25, 0.3) is 0 Å². The van der Waals surface area contributed by atoms with E-state index in [1.807, 2.05) is 74.5 Å². The van der Waals surface area contributed by atoms with E-state index in [0.717, 1.165) is 11.1 Å². The summed E-state index contributed by atoms with van der Waals surface area (Å²) in [7, 11) is 0. The van der Waals surface area contributed by atoms with Crippen molar-refractivity contribution < 1.29 is 31.9 Å². The van der Waals surface area contributed by atoms with E-state index >= 15 is 0 Å². The summed E-state index contributed by atoms with van der Waals surface area (Å²) < 4.78 is 0. The largest absolute Gasteiger partial charge is 2.00 e. The number of rotatable bonds is 2. The van der Waals surface area contributed by atoms with E-state index in [1.165, 1.54) is 64.2 Å². The monoisotopic (exact) mass is 456 g/mol. The predicted molar refractivity (Wildman–Crippen MR) is 132 cm³/mol. The van der Waals surface area contributed by atoms with E-state index in [4.69, 9.17) is 0 Å². The molecule has 166 valence electrons. The molecule has 0 radical (unpaired) electrons. The Labute approximate surface area is 205 Å². The molecular formula is C28H40O2Ti+2. The first-order chi connectivity index (χ1) is 14.7. The van der Waals surface area contributed by atoms with E-state index in [0.29, 0.717) is 11.5 Å². The number of aliphatic hydroxyl groups excluding tert-OH is 2. The van der Waals surface area contributed by atoms with Gasteiger partial charge in [-0.15, -0.1) is 0 Å². The maximum atomic E-state index is 9.19. The van der Waals surface area contributed by atoms with Gasteiger partial charge < -0.3 is 10.2 Å². The zero-order chi connectivity index (χ0) is 21.9. The standard InChI is InChI=1S/2C9H10O.2C5H10.Ti/c2*1-2-9(10)8-6-4-3-5-7-8;2*1-2-4-5-3-1;/h2*2-7,10H,1H3;2*1-5H2;/q;;;;+2/b2*9-2-;;;. The number of hydrogen-bond acceptors (Lipinski definition) is 2. The number of allylic oxidation sites excluding steroid dienone is 2. The molecule has 0 aliphatic heterocycles. The van der Waals surface area contributed by atoms with Crippen molar-refractivity contribution in [3.63, 3.8) is 0 Å². The molecule has 0 heterocycles. The number of benzene rings is 2. The molecule has 4 rings (SSSR count). The van der Waals surface area contributed by atoms with Gasteiger partial charge in [-0.3, -0.25) is 0 Å². The Balaban J connectivity index is 0.000000401. The summed E-state index contributed by atoms with van der Waals surface area (Å²) >= 11 is 0. The van der Waals surface area contributed by atoms with Crippen LogP contribution in [-0.2, 0) is 21.7 Å². The fourth-order valence-electron chi connectivity index (χ4n) is 3.32. The summed E-state index contributed by atoms with van der Waals surface area (Å²) in [4.78, 5) is 0. The van der Waals surface area contributed by atoms with Crippen LogP contribution in [0, 0.1) is 0 Å². The summed E-state index contributed by atoms with van der Waals surface area (Å²) in [5.41, 5.74) is 1.73. The van der Waals surface area contributed by atoms with Gasteiger partial charge in [0.15, 0.2) is 0 Å². The van der Waals surface area contributed by atoms with E-state index in [-0.39, 0.29) is 21.7 Å². The smallest absolute Gasteiger partial charge is 0.508 e. The van der Waals surface area contributed by atoms with Gasteiger partial charge in [-0.2, -0.15) is 0 Å². The van der Waals surface area contributed by atoms with Crippen molar-refractivity contribution in [2.24, 2.45) is 0 Å². The van der Waals surface area contributed by atoms with Crippen LogP contribution in [0.5, 0.6) is 0 Å². The van der Waals surface area contributed by atoms with Crippen LogP contribution < -0.4 is 0 Å². The first-order valence-electron chi connectivity index (χ1n) is 11.5. The molecule has 2 fully saturated rings. The van der Waals surface area contributed by atoms with Crippen molar-refractivity contribution >= 4 is 11.5 Å². The second kappa shape index (κ2) is 20.2. The average molecular weight is 456 g/mol. The molecule has 3 heteroatoms. The molecule has 2 aliphatic carbocycles. The number of aliphatic hydroxyl groups is 2. The summed E-state index contributed by atoms with van der Waals surface area (Å²) in [5.74, 6) is 0.668. The van der Waals surface area contributed by atoms with Crippen molar-refractivity contribution in [3.05, 3.63) is 83.9 Å². The maximum absolute atomic E-state index is 9.19. The molecule has 2 aliphatic rings. The molecular weight excluding hydrogens is 416 g/mol. The predicted octanol–water partition coefficient (Wildman–Crippen LogP) is 9.11. The summed E-state index contributed by atoms with van der Waals surface area (Å²) in [6.45, 7) is 3.62. The van der Waals surface area contributed by atoms with Crippen LogP contribution in [0.2, 0.25) is 0 Å². The van der Waals surface area contributed by atoms with Gasteiger partial charge in [-0.05, 0) is 26.0 Å². The van der Waals surface area contributed by atoms with Crippen molar-refractivity contribution in [2.75, 3.05) is 0 Å². The summed E-state index contributed by atoms with van der Waals surface area (Å²) in [5, 5.41) is 18.4. The quantitative estimate of drug-likeness (QED) is 0.349. The van der Waals surface area contributed by atoms with Crippen LogP contribution in [0.25, 0.3) is 11.5 Å². The summed E-state index contributed by atoms with van der Waals surface area (Å²) in [6, 6.07) is 18.9. The fraction of sp³-hybridized carbons (Fsp3) is 0.429. The molecule has 2 saturated carbocycles. The first kappa shape index (κ1) is 29.2. The zero-order valence-electron chi connectivity index (χ0n) is 19.4. The Morgan fingerprint density at radius 3 is 0.935 bits per heavy atom. The molecule has 31 heavy (non-hydrogen) atoms. The van der Waals surface area contributed by atoms with Crippen molar-refractivity contribution in [1.29, 1.82) is 0 Å². The molecule has 0 saturated heterocycles. The fourth-order valence-corrected chi connectivity index (χ4v) is 3.32. The molecule has 0 bridgehead atoms. The molecule has 2 aromatic rings.